The summed E-state index contributed by atoms with van der Waals surface area (Å²) in [5.74, 6) is 0.150. The molecule has 0 aromatic heterocycles. The van der Waals surface area contributed by atoms with Crippen LogP contribution in [0.2, 0.25) is 5.02 Å². The first-order valence-electron chi connectivity index (χ1n) is 7.97. The number of amides is 3. The average molecular weight is 367 g/mol. The monoisotopic (exact) mass is 366 g/mol. The average Bonchev–Trinajstić information content (AvgIpc) is 3.15. The molecule has 1 aromatic rings. The minimum atomic E-state index is -0.184. The molecule has 0 radical (unpaired) electrons. The zero-order valence-corrected chi connectivity index (χ0v) is 15.0. The van der Waals surface area contributed by atoms with E-state index in [0.717, 1.165) is 27.9 Å². The van der Waals surface area contributed by atoms with Crippen molar-refractivity contribution in [1.82, 2.24) is 9.80 Å². The largest absolute Gasteiger partial charge is 0.341 e. The Kier molecular flexibility index (Phi) is 5.15. The van der Waals surface area contributed by atoms with Crippen molar-refractivity contribution in [3.8, 4) is 0 Å². The molecule has 0 bridgehead atoms. The molecule has 2 aliphatic heterocycles. The predicted molar refractivity (Wildman–Crippen MR) is 94.2 cm³/mol. The maximum atomic E-state index is 12.4. The van der Waals surface area contributed by atoms with E-state index in [1.807, 2.05) is 25.1 Å². The molecule has 5 nitrogen and oxygen atoms in total. The summed E-state index contributed by atoms with van der Waals surface area (Å²) in [6.07, 6.45) is 1.75. The number of carbonyl (C=O) groups is 3. The van der Waals surface area contributed by atoms with E-state index in [0.29, 0.717) is 32.4 Å². The third-order valence-electron chi connectivity index (χ3n) is 4.52. The van der Waals surface area contributed by atoms with Gasteiger partial charge in [0, 0.05) is 24.5 Å². The summed E-state index contributed by atoms with van der Waals surface area (Å²) in [6, 6.07) is 5.63. The highest BCUT2D eigenvalue weighted by atomic mass is 35.5. The lowest BCUT2D eigenvalue weighted by molar-refractivity contribution is -0.131. The number of halogens is 1. The van der Waals surface area contributed by atoms with E-state index in [1.165, 1.54) is 4.90 Å². The summed E-state index contributed by atoms with van der Waals surface area (Å²) in [7, 11) is 0. The van der Waals surface area contributed by atoms with Crippen LogP contribution in [0.25, 0.3) is 0 Å². The molecular weight excluding hydrogens is 348 g/mol. The summed E-state index contributed by atoms with van der Waals surface area (Å²) >= 11 is 7.06. The molecule has 2 heterocycles. The van der Waals surface area contributed by atoms with Crippen molar-refractivity contribution in [2.75, 3.05) is 18.8 Å². The second-order valence-electron chi connectivity index (χ2n) is 6.18. The molecule has 2 fully saturated rings. The fourth-order valence-corrected chi connectivity index (χ4v) is 4.06. The number of likely N-dealkylation sites (tertiary alicyclic amines) is 1. The van der Waals surface area contributed by atoms with Gasteiger partial charge in [-0.3, -0.25) is 19.3 Å². The van der Waals surface area contributed by atoms with E-state index in [2.05, 4.69) is 0 Å². The highest BCUT2D eigenvalue weighted by Gasteiger charge is 2.39. The number of thioether (sulfide) groups is 1. The number of imide groups is 1. The molecule has 1 aromatic carbocycles. The molecule has 1 atom stereocenters. The molecule has 2 saturated heterocycles. The van der Waals surface area contributed by atoms with Gasteiger partial charge in [0.1, 0.15) is 0 Å². The lowest BCUT2D eigenvalue weighted by atomic mass is 10.1. The number of benzene rings is 1. The Balaban J connectivity index is 1.54. The maximum Gasteiger partial charge on any atom is 0.289 e. The first kappa shape index (κ1) is 17.3. The second-order valence-corrected chi connectivity index (χ2v) is 7.52. The Morgan fingerprint density at radius 1 is 1.38 bits per heavy atom. The topological polar surface area (TPSA) is 57.7 Å². The fourth-order valence-electron chi connectivity index (χ4n) is 3.17. The molecule has 3 rings (SSSR count). The third kappa shape index (κ3) is 3.59. The zero-order valence-electron chi connectivity index (χ0n) is 13.5. The lowest BCUT2D eigenvalue weighted by Gasteiger charge is -2.22. The molecular formula is C17H19ClN2O3S. The zero-order chi connectivity index (χ0) is 17.3. The van der Waals surface area contributed by atoms with E-state index >= 15 is 0 Å². The first-order valence-corrected chi connectivity index (χ1v) is 9.33. The van der Waals surface area contributed by atoms with Gasteiger partial charge in [-0.2, -0.15) is 0 Å². The van der Waals surface area contributed by atoms with E-state index in [1.54, 1.807) is 4.90 Å². The van der Waals surface area contributed by atoms with Gasteiger partial charge in [0.25, 0.3) is 5.24 Å². The predicted octanol–water partition coefficient (Wildman–Crippen LogP) is 2.88. The minimum absolute atomic E-state index is 0.0665. The van der Waals surface area contributed by atoms with Crippen LogP contribution >= 0.6 is 23.4 Å². The Morgan fingerprint density at radius 3 is 2.83 bits per heavy atom. The minimum Gasteiger partial charge on any atom is -0.341 e. The van der Waals surface area contributed by atoms with E-state index in [-0.39, 0.29) is 28.8 Å². The van der Waals surface area contributed by atoms with Gasteiger partial charge in [0.05, 0.1) is 11.8 Å². The van der Waals surface area contributed by atoms with Gasteiger partial charge < -0.3 is 4.90 Å². The quantitative estimate of drug-likeness (QED) is 0.822. The van der Waals surface area contributed by atoms with Crippen LogP contribution in [0.3, 0.4) is 0 Å². The molecule has 0 N–H and O–H groups in total. The number of carbonyl (C=O) groups excluding carboxylic acids is 3. The van der Waals surface area contributed by atoms with Crippen LogP contribution < -0.4 is 0 Å². The van der Waals surface area contributed by atoms with Crippen LogP contribution in [0, 0.1) is 6.92 Å². The molecule has 0 spiro atoms. The molecule has 128 valence electrons. The van der Waals surface area contributed by atoms with Crippen LogP contribution in [0.5, 0.6) is 0 Å². The van der Waals surface area contributed by atoms with Crippen LogP contribution in [0.15, 0.2) is 18.2 Å². The highest BCUT2D eigenvalue weighted by Crippen LogP contribution is 2.26. The van der Waals surface area contributed by atoms with Crippen molar-refractivity contribution in [2.24, 2.45) is 0 Å². The summed E-state index contributed by atoms with van der Waals surface area (Å²) < 4.78 is 0. The number of hydrogen-bond acceptors (Lipinski definition) is 4. The van der Waals surface area contributed by atoms with E-state index in [9.17, 15) is 14.4 Å². The fraction of sp³-hybridized carbons (Fsp3) is 0.471. The van der Waals surface area contributed by atoms with Crippen molar-refractivity contribution >= 4 is 40.4 Å². The SMILES string of the molecule is Cc1cc(CCC(=O)N2CCC(N3C(=O)CSC3=O)C2)ccc1Cl. The molecule has 7 heteroatoms. The maximum absolute atomic E-state index is 12.4. The number of rotatable bonds is 4. The Bertz CT molecular complexity index is 678. The summed E-state index contributed by atoms with van der Waals surface area (Å²) in [5, 5.41) is 0.543. The van der Waals surface area contributed by atoms with Gasteiger partial charge in [-0.15, -0.1) is 0 Å². The van der Waals surface area contributed by atoms with E-state index in [4.69, 9.17) is 11.6 Å². The summed E-state index contributed by atoms with van der Waals surface area (Å²) in [6.45, 7) is 3.00. The van der Waals surface area contributed by atoms with Crippen molar-refractivity contribution < 1.29 is 14.4 Å². The Morgan fingerprint density at radius 2 is 2.17 bits per heavy atom. The third-order valence-corrected chi connectivity index (χ3v) is 5.77. The Labute approximate surface area is 150 Å². The van der Waals surface area contributed by atoms with Crippen molar-refractivity contribution in [1.29, 1.82) is 0 Å². The van der Waals surface area contributed by atoms with Crippen LogP contribution in [-0.4, -0.2) is 51.7 Å². The van der Waals surface area contributed by atoms with Gasteiger partial charge in [0.2, 0.25) is 11.8 Å². The van der Waals surface area contributed by atoms with E-state index < -0.39 is 0 Å². The van der Waals surface area contributed by atoms with Crippen LogP contribution in [0.1, 0.15) is 24.0 Å². The lowest BCUT2D eigenvalue weighted by Crippen LogP contribution is -2.41. The normalized spacial score (nSPS) is 21.0. The molecule has 0 aliphatic carbocycles. The van der Waals surface area contributed by atoms with Crippen LogP contribution in [-0.2, 0) is 16.0 Å². The van der Waals surface area contributed by atoms with Gasteiger partial charge in [0.15, 0.2) is 0 Å². The summed E-state index contributed by atoms with van der Waals surface area (Å²) in [4.78, 5) is 39.1. The standard InChI is InChI=1S/C17H19ClN2O3S/c1-11-8-12(2-4-14(11)18)3-5-15(21)19-7-6-13(9-19)20-16(22)10-24-17(20)23/h2,4,8,13H,3,5-7,9-10H2,1H3. The Hall–Kier alpha value is -1.53. The number of aryl methyl sites for hydroxylation is 2. The van der Waals surface area contributed by atoms with Crippen LogP contribution in [0.4, 0.5) is 4.79 Å². The highest BCUT2D eigenvalue weighted by molar-refractivity contribution is 8.14. The van der Waals surface area contributed by atoms with Gasteiger partial charge >= 0.3 is 0 Å². The molecule has 0 saturated carbocycles. The number of hydrogen-bond donors (Lipinski definition) is 0. The molecule has 24 heavy (non-hydrogen) atoms. The second kappa shape index (κ2) is 7.15. The van der Waals surface area contributed by atoms with Gasteiger partial charge in [-0.1, -0.05) is 35.5 Å². The molecule has 1 unspecified atom stereocenters. The first-order chi connectivity index (χ1) is 11.5. The molecule has 3 amide bonds. The van der Waals surface area contributed by atoms with Crippen molar-refractivity contribution in [2.45, 2.75) is 32.2 Å². The van der Waals surface area contributed by atoms with Crippen molar-refractivity contribution in [3.63, 3.8) is 0 Å². The molecule has 2 aliphatic rings. The summed E-state index contributed by atoms with van der Waals surface area (Å²) in [5.41, 5.74) is 2.09. The van der Waals surface area contributed by atoms with Crippen molar-refractivity contribution in [3.05, 3.63) is 34.3 Å². The van der Waals surface area contributed by atoms with Gasteiger partial charge in [-0.25, -0.2) is 0 Å². The smallest absolute Gasteiger partial charge is 0.289 e. The number of nitrogens with zero attached hydrogens (tertiary/aromatic N) is 2. The van der Waals surface area contributed by atoms with Gasteiger partial charge in [-0.05, 0) is 37.0 Å².